The molecule has 1 N–H and O–H groups in total. The zero-order valence-corrected chi connectivity index (χ0v) is 18.7. The average molecular weight is 467 g/mol. The van der Waals surface area contributed by atoms with Crippen molar-refractivity contribution in [3.8, 4) is 6.07 Å². The second-order valence-electron chi connectivity index (χ2n) is 8.45. The van der Waals surface area contributed by atoms with Crippen molar-refractivity contribution in [3.63, 3.8) is 0 Å². The molecule has 1 heterocycles. The number of piperazine rings is 1. The molecule has 2 aliphatic rings. The number of rotatable bonds is 6. The molecule has 10 heteroatoms. The van der Waals surface area contributed by atoms with Gasteiger partial charge in [-0.2, -0.15) is 18.4 Å². The van der Waals surface area contributed by atoms with Crippen molar-refractivity contribution in [1.29, 1.82) is 5.26 Å². The molecule has 1 saturated heterocycles. The van der Waals surface area contributed by atoms with Gasteiger partial charge in [0, 0.05) is 44.9 Å². The lowest BCUT2D eigenvalue weighted by molar-refractivity contribution is -0.145. The summed E-state index contributed by atoms with van der Waals surface area (Å²) < 4.78 is 45.3. The molecule has 180 valence electrons. The van der Waals surface area contributed by atoms with Gasteiger partial charge in [-0.1, -0.05) is 19.3 Å². The maximum atomic E-state index is 13.4. The first-order chi connectivity index (χ1) is 15.8. The van der Waals surface area contributed by atoms with Crippen LogP contribution in [0, 0.1) is 17.2 Å². The smallest absolute Gasteiger partial charge is 0.383 e. The predicted molar refractivity (Wildman–Crippen MR) is 115 cm³/mol. The Labute approximate surface area is 191 Å². The molecule has 1 aliphatic heterocycles. The number of halogens is 3. The summed E-state index contributed by atoms with van der Waals surface area (Å²) >= 11 is 0. The summed E-state index contributed by atoms with van der Waals surface area (Å²) in [7, 11) is 1.51. The van der Waals surface area contributed by atoms with Crippen molar-refractivity contribution < 1.29 is 27.5 Å². The molecule has 0 spiro atoms. The van der Waals surface area contributed by atoms with Crippen molar-refractivity contribution in [2.75, 3.05) is 44.8 Å². The molecule has 7 nitrogen and oxygen atoms in total. The van der Waals surface area contributed by atoms with Gasteiger partial charge in [-0.15, -0.1) is 0 Å². The topological polar surface area (TPSA) is 85.7 Å². The molecular formula is C23H29F3N4O3. The fraction of sp³-hybridized carbons (Fsp3) is 0.609. The number of nitrogens with zero attached hydrogens (tertiary/aromatic N) is 3. The molecule has 1 aromatic rings. The Morgan fingerprint density at radius 2 is 1.94 bits per heavy atom. The van der Waals surface area contributed by atoms with Crippen molar-refractivity contribution >= 4 is 17.5 Å². The SMILES string of the molecule is COCCNC(=O)C1CN(c2ccc(C#N)c(C(F)(F)F)c2)CCN1C(=O)C1CCCCC1. The van der Waals surface area contributed by atoms with E-state index in [1.165, 1.54) is 13.2 Å². The fourth-order valence-electron chi connectivity index (χ4n) is 4.54. The number of amides is 2. The number of nitrogens with one attached hydrogen (secondary N) is 1. The van der Waals surface area contributed by atoms with Crippen LogP contribution in [0.5, 0.6) is 0 Å². The second-order valence-corrected chi connectivity index (χ2v) is 8.45. The lowest BCUT2D eigenvalue weighted by Gasteiger charge is -2.43. The number of hydrogen-bond donors (Lipinski definition) is 1. The summed E-state index contributed by atoms with van der Waals surface area (Å²) in [4.78, 5) is 29.4. The van der Waals surface area contributed by atoms with Gasteiger partial charge in [-0.25, -0.2) is 0 Å². The molecule has 1 unspecified atom stereocenters. The van der Waals surface area contributed by atoms with E-state index in [-0.39, 0.29) is 43.1 Å². The Morgan fingerprint density at radius 1 is 1.21 bits per heavy atom. The van der Waals surface area contributed by atoms with Gasteiger partial charge in [0.05, 0.1) is 23.8 Å². The minimum atomic E-state index is -4.67. The standard InChI is InChI=1S/C23H29F3N4O3/c1-33-12-9-28-21(31)20-15-29(10-11-30(20)22(32)16-5-3-2-4-6-16)18-8-7-17(14-27)19(13-18)23(24,25)26/h7-8,13,16,20H,2-6,9-12,15H2,1H3,(H,28,31). The molecule has 1 aromatic carbocycles. The highest BCUT2D eigenvalue weighted by Gasteiger charge is 2.39. The minimum absolute atomic E-state index is 0.0583. The van der Waals surface area contributed by atoms with Crippen LogP contribution in [0.15, 0.2) is 18.2 Å². The maximum absolute atomic E-state index is 13.4. The third-order valence-electron chi connectivity index (χ3n) is 6.32. The van der Waals surface area contributed by atoms with Crippen molar-refractivity contribution in [2.45, 2.75) is 44.3 Å². The number of carbonyl (C=O) groups is 2. The molecule has 1 aliphatic carbocycles. The van der Waals surface area contributed by atoms with E-state index in [9.17, 15) is 22.8 Å². The number of methoxy groups -OCH3 is 1. The number of hydrogen-bond acceptors (Lipinski definition) is 5. The molecule has 3 rings (SSSR count). The highest BCUT2D eigenvalue weighted by atomic mass is 19.4. The molecule has 33 heavy (non-hydrogen) atoms. The van der Waals surface area contributed by atoms with Crippen molar-refractivity contribution in [3.05, 3.63) is 29.3 Å². The Hall–Kier alpha value is -2.80. The van der Waals surface area contributed by atoms with Crippen molar-refractivity contribution in [1.82, 2.24) is 10.2 Å². The second kappa shape index (κ2) is 10.9. The van der Waals surface area contributed by atoms with Crippen molar-refractivity contribution in [2.24, 2.45) is 5.92 Å². The first-order valence-corrected chi connectivity index (χ1v) is 11.2. The van der Waals surface area contributed by atoms with E-state index in [2.05, 4.69) is 5.32 Å². The number of benzene rings is 1. The third-order valence-corrected chi connectivity index (χ3v) is 6.32. The molecule has 2 fully saturated rings. The largest absolute Gasteiger partial charge is 0.417 e. The van der Waals surface area contributed by atoms with Crippen LogP contribution in [0.2, 0.25) is 0 Å². The number of alkyl halides is 3. The summed E-state index contributed by atoms with van der Waals surface area (Å²) in [5, 5.41) is 11.8. The third kappa shape index (κ3) is 5.96. The highest BCUT2D eigenvalue weighted by molar-refractivity contribution is 5.89. The first-order valence-electron chi connectivity index (χ1n) is 11.2. The Bertz CT molecular complexity index is 894. The van der Waals surface area contributed by atoms with Gasteiger partial charge < -0.3 is 19.9 Å². The Kier molecular flexibility index (Phi) is 8.19. The minimum Gasteiger partial charge on any atom is -0.383 e. The number of anilines is 1. The van der Waals surface area contributed by atoms with E-state index < -0.39 is 23.3 Å². The average Bonchev–Trinajstić information content (AvgIpc) is 2.83. The van der Waals surface area contributed by atoms with E-state index in [1.54, 1.807) is 15.9 Å². The molecule has 2 amide bonds. The van der Waals surface area contributed by atoms with E-state index >= 15 is 0 Å². The van der Waals surface area contributed by atoms with Crippen LogP contribution in [-0.2, 0) is 20.5 Å². The highest BCUT2D eigenvalue weighted by Crippen LogP contribution is 2.35. The maximum Gasteiger partial charge on any atom is 0.417 e. The number of ether oxygens (including phenoxy) is 1. The lowest BCUT2D eigenvalue weighted by atomic mass is 9.87. The number of nitriles is 1. The van der Waals surface area contributed by atoms with Crippen LogP contribution in [0.4, 0.5) is 18.9 Å². The molecular weight excluding hydrogens is 437 g/mol. The normalized spacial score (nSPS) is 19.8. The van der Waals surface area contributed by atoms with Gasteiger partial charge >= 0.3 is 6.18 Å². The van der Waals surface area contributed by atoms with Gasteiger partial charge in [0.2, 0.25) is 11.8 Å². The molecule has 1 atom stereocenters. The first kappa shape index (κ1) is 24.8. The number of carbonyl (C=O) groups excluding carboxylic acids is 2. The van der Waals surface area contributed by atoms with Crippen LogP contribution >= 0.6 is 0 Å². The quantitative estimate of drug-likeness (QED) is 0.652. The van der Waals surface area contributed by atoms with E-state index in [1.807, 2.05) is 0 Å². The Morgan fingerprint density at radius 3 is 2.58 bits per heavy atom. The molecule has 0 bridgehead atoms. The molecule has 1 saturated carbocycles. The summed E-state index contributed by atoms with van der Waals surface area (Å²) in [6.07, 6.45) is -0.0299. The van der Waals surface area contributed by atoms with Gasteiger partial charge in [0.15, 0.2) is 0 Å². The van der Waals surface area contributed by atoms with E-state index in [4.69, 9.17) is 10.00 Å². The lowest BCUT2D eigenvalue weighted by Crippen LogP contribution is -2.62. The molecule has 0 radical (unpaired) electrons. The Balaban J connectivity index is 1.84. The summed E-state index contributed by atoms with van der Waals surface area (Å²) in [6.45, 7) is 1.18. The summed E-state index contributed by atoms with van der Waals surface area (Å²) in [5.74, 6) is -0.533. The fourth-order valence-corrected chi connectivity index (χ4v) is 4.54. The van der Waals surface area contributed by atoms with Crippen LogP contribution in [0.3, 0.4) is 0 Å². The zero-order valence-electron chi connectivity index (χ0n) is 18.7. The van der Waals surface area contributed by atoms with Gasteiger partial charge in [-0.3, -0.25) is 9.59 Å². The molecule has 0 aromatic heterocycles. The van der Waals surface area contributed by atoms with Crippen LogP contribution in [0.25, 0.3) is 0 Å². The summed E-state index contributed by atoms with van der Waals surface area (Å²) in [6, 6.07) is 4.29. The van der Waals surface area contributed by atoms with Gasteiger partial charge in [-0.05, 0) is 31.0 Å². The van der Waals surface area contributed by atoms with Gasteiger partial charge in [0.1, 0.15) is 6.04 Å². The predicted octanol–water partition coefficient (Wildman–Crippen LogP) is 2.94. The summed E-state index contributed by atoms with van der Waals surface area (Å²) in [5.41, 5.74) is -1.20. The van der Waals surface area contributed by atoms with Crippen LogP contribution in [-0.4, -0.2) is 62.7 Å². The van der Waals surface area contributed by atoms with Gasteiger partial charge in [0.25, 0.3) is 0 Å². The zero-order chi connectivity index (χ0) is 24.0. The monoisotopic (exact) mass is 466 g/mol. The van der Waals surface area contributed by atoms with E-state index in [0.717, 1.165) is 44.2 Å². The van der Waals surface area contributed by atoms with E-state index in [0.29, 0.717) is 13.2 Å². The van der Waals surface area contributed by atoms with Crippen LogP contribution < -0.4 is 10.2 Å². The van der Waals surface area contributed by atoms with Crippen LogP contribution in [0.1, 0.15) is 43.2 Å².